The van der Waals surface area contributed by atoms with Gasteiger partial charge in [0.15, 0.2) is 5.03 Å². The summed E-state index contributed by atoms with van der Waals surface area (Å²) in [5.41, 5.74) is 5.69. The maximum Gasteiger partial charge on any atom is 0.259 e. The molecule has 1 heterocycles. The van der Waals surface area contributed by atoms with Gasteiger partial charge in [-0.15, -0.1) is 12.4 Å². The van der Waals surface area contributed by atoms with Crippen LogP contribution in [0.2, 0.25) is 0 Å². The van der Waals surface area contributed by atoms with E-state index in [1.807, 2.05) is 4.57 Å². The molecule has 3 N–H and O–H groups in total. The molecule has 1 saturated carbocycles. The smallest absolute Gasteiger partial charge is 0.259 e. The fourth-order valence-corrected chi connectivity index (χ4v) is 4.02. The standard InChI is InChI=1S/C13H24N4O2S.ClH/c1-10(2)7-17-8-13(15-9-17)20(18,19)16-12-5-3-4-11(12)6-14;/h8-12,16H,3-7,14H2,1-2H3;1H. The first-order valence-electron chi connectivity index (χ1n) is 7.16. The summed E-state index contributed by atoms with van der Waals surface area (Å²) >= 11 is 0. The number of imidazole rings is 1. The van der Waals surface area contributed by atoms with E-state index < -0.39 is 10.0 Å². The Balaban J connectivity index is 0.00000220. The lowest BCUT2D eigenvalue weighted by molar-refractivity contribution is 0.452. The Morgan fingerprint density at radius 3 is 2.81 bits per heavy atom. The van der Waals surface area contributed by atoms with Gasteiger partial charge in [0.1, 0.15) is 0 Å². The van der Waals surface area contributed by atoms with Crippen LogP contribution in [0.25, 0.3) is 0 Å². The molecule has 122 valence electrons. The Morgan fingerprint density at radius 1 is 1.48 bits per heavy atom. The van der Waals surface area contributed by atoms with Crippen LogP contribution < -0.4 is 10.5 Å². The van der Waals surface area contributed by atoms with Gasteiger partial charge in [-0.1, -0.05) is 20.3 Å². The highest BCUT2D eigenvalue weighted by Gasteiger charge is 2.31. The summed E-state index contributed by atoms with van der Waals surface area (Å²) in [7, 11) is -3.54. The second kappa shape index (κ2) is 7.58. The number of nitrogens with one attached hydrogen (secondary N) is 1. The van der Waals surface area contributed by atoms with Crippen LogP contribution in [0.15, 0.2) is 17.6 Å². The minimum absolute atomic E-state index is 0. The molecule has 1 aliphatic carbocycles. The van der Waals surface area contributed by atoms with E-state index in [2.05, 4.69) is 23.6 Å². The lowest BCUT2D eigenvalue weighted by Crippen LogP contribution is -2.39. The topological polar surface area (TPSA) is 90.0 Å². The van der Waals surface area contributed by atoms with Crippen LogP contribution in [0, 0.1) is 11.8 Å². The third-order valence-electron chi connectivity index (χ3n) is 3.73. The summed E-state index contributed by atoms with van der Waals surface area (Å²) in [4.78, 5) is 4.02. The Morgan fingerprint density at radius 2 is 2.19 bits per heavy atom. The summed E-state index contributed by atoms with van der Waals surface area (Å²) in [6.45, 7) is 5.44. The molecule has 1 aliphatic rings. The molecule has 8 heteroatoms. The molecule has 21 heavy (non-hydrogen) atoms. The maximum absolute atomic E-state index is 12.3. The van der Waals surface area contributed by atoms with Crippen LogP contribution in [-0.2, 0) is 16.6 Å². The van der Waals surface area contributed by atoms with E-state index in [0.29, 0.717) is 12.5 Å². The Labute approximate surface area is 133 Å². The molecular weight excluding hydrogens is 312 g/mol. The zero-order valence-corrected chi connectivity index (χ0v) is 14.2. The minimum atomic E-state index is -3.54. The van der Waals surface area contributed by atoms with Crippen molar-refractivity contribution in [2.75, 3.05) is 6.54 Å². The number of aromatic nitrogens is 2. The molecule has 2 atom stereocenters. The Hall–Kier alpha value is -0.630. The largest absolute Gasteiger partial charge is 0.336 e. The van der Waals surface area contributed by atoms with E-state index in [9.17, 15) is 8.42 Å². The van der Waals surface area contributed by atoms with Crippen molar-refractivity contribution in [3.63, 3.8) is 0 Å². The molecule has 0 spiro atoms. The highest BCUT2D eigenvalue weighted by molar-refractivity contribution is 7.89. The van der Waals surface area contributed by atoms with Gasteiger partial charge in [0.2, 0.25) is 0 Å². The van der Waals surface area contributed by atoms with E-state index in [1.165, 1.54) is 0 Å². The van der Waals surface area contributed by atoms with Crippen LogP contribution in [0.3, 0.4) is 0 Å². The predicted molar refractivity (Wildman–Crippen MR) is 84.8 cm³/mol. The Kier molecular flexibility index (Phi) is 6.65. The number of nitrogens with two attached hydrogens (primary N) is 1. The summed E-state index contributed by atoms with van der Waals surface area (Å²) in [6.07, 6.45) is 6.04. The van der Waals surface area contributed by atoms with Crippen molar-refractivity contribution in [3.8, 4) is 0 Å². The fraction of sp³-hybridized carbons (Fsp3) is 0.769. The van der Waals surface area contributed by atoms with E-state index in [0.717, 1.165) is 25.8 Å². The first kappa shape index (κ1) is 18.4. The SMILES string of the molecule is CC(C)Cn1cnc(S(=O)(=O)NC2CCCC2CN)c1.Cl. The van der Waals surface area contributed by atoms with Gasteiger partial charge in [-0.3, -0.25) is 0 Å². The van der Waals surface area contributed by atoms with Gasteiger partial charge in [0, 0.05) is 18.8 Å². The van der Waals surface area contributed by atoms with Gasteiger partial charge in [0.25, 0.3) is 10.0 Å². The molecule has 0 amide bonds. The van der Waals surface area contributed by atoms with Gasteiger partial charge < -0.3 is 10.3 Å². The zero-order valence-electron chi connectivity index (χ0n) is 12.5. The second-order valence-electron chi connectivity index (χ2n) is 5.96. The number of hydrogen-bond donors (Lipinski definition) is 2. The van der Waals surface area contributed by atoms with Crippen molar-refractivity contribution in [1.82, 2.24) is 14.3 Å². The van der Waals surface area contributed by atoms with E-state index in [-0.39, 0.29) is 29.4 Å². The zero-order chi connectivity index (χ0) is 14.8. The van der Waals surface area contributed by atoms with Gasteiger partial charge in [0.05, 0.1) is 6.33 Å². The summed E-state index contributed by atoms with van der Waals surface area (Å²) in [5, 5.41) is 0.0980. The van der Waals surface area contributed by atoms with Gasteiger partial charge in [-0.25, -0.2) is 18.1 Å². The molecule has 0 aliphatic heterocycles. The molecule has 6 nitrogen and oxygen atoms in total. The van der Waals surface area contributed by atoms with Crippen LogP contribution in [-0.4, -0.2) is 30.6 Å². The van der Waals surface area contributed by atoms with Gasteiger partial charge in [-0.2, -0.15) is 0 Å². The molecule has 0 radical (unpaired) electrons. The van der Waals surface area contributed by atoms with Crippen LogP contribution in [0.1, 0.15) is 33.1 Å². The van der Waals surface area contributed by atoms with Crippen LogP contribution >= 0.6 is 12.4 Å². The average Bonchev–Trinajstić information content (AvgIpc) is 2.97. The predicted octanol–water partition coefficient (Wildman–Crippen LogP) is 1.37. The molecule has 1 fully saturated rings. The molecular formula is C13H25ClN4O2S. The molecule has 1 aromatic heterocycles. The molecule has 0 saturated heterocycles. The molecule has 2 unspecified atom stereocenters. The second-order valence-corrected chi connectivity index (χ2v) is 7.62. The molecule has 1 aromatic rings. The van der Waals surface area contributed by atoms with E-state index in [4.69, 9.17) is 5.73 Å². The van der Waals surface area contributed by atoms with Crippen molar-refractivity contribution in [2.45, 2.75) is 50.7 Å². The molecule has 2 rings (SSSR count). The van der Waals surface area contributed by atoms with Crippen molar-refractivity contribution in [2.24, 2.45) is 17.6 Å². The molecule has 0 bridgehead atoms. The van der Waals surface area contributed by atoms with E-state index >= 15 is 0 Å². The summed E-state index contributed by atoms with van der Waals surface area (Å²) in [5.74, 6) is 0.687. The maximum atomic E-state index is 12.3. The van der Waals surface area contributed by atoms with Gasteiger partial charge in [-0.05, 0) is 31.2 Å². The highest BCUT2D eigenvalue weighted by Crippen LogP contribution is 2.26. The quantitative estimate of drug-likeness (QED) is 0.820. The monoisotopic (exact) mass is 336 g/mol. The third kappa shape index (κ3) is 4.67. The number of rotatable bonds is 6. The Bertz CT molecular complexity index is 544. The third-order valence-corrected chi connectivity index (χ3v) is 5.10. The fourth-order valence-electron chi connectivity index (χ4n) is 2.73. The lowest BCUT2D eigenvalue weighted by atomic mass is 10.1. The number of nitrogens with zero attached hydrogens (tertiary/aromatic N) is 2. The van der Waals surface area contributed by atoms with Gasteiger partial charge >= 0.3 is 0 Å². The summed E-state index contributed by atoms with van der Waals surface area (Å²) in [6, 6.07) is -0.0553. The normalized spacial score (nSPS) is 22.5. The van der Waals surface area contributed by atoms with Crippen LogP contribution in [0.5, 0.6) is 0 Å². The van der Waals surface area contributed by atoms with Crippen molar-refractivity contribution < 1.29 is 8.42 Å². The van der Waals surface area contributed by atoms with E-state index in [1.54, 1.807) is 12.5 Å². The number of sulfonamides is 1. The summed E-state index contributed by atoms with van der Waals surface area (Å²) < 4.78 is 29.2. The van der Waals surface area contributed by atoms with Crippen molar-refractivity contribution in [1.29, 1.82) is 0 Å². The minimum Gasteiger partial charge on any atom is -0.336 e. The average molecular weight is 337 g/mol. The number of hydrogen-bond acceptors (Lipinski definition) is 4. The first-order valence-corrected chi connectivity index (χ1v) is 8.65. The van der Waals surface area contributed by atoms with Crippen molar-refractivity contribution >= 4 is 22.4 Å². The van der Waals surface area contributed by atoms with Crippen molar-refractivity contribution in [3.05, 3.63) is 12.5 Å². The first-order chi connectivity index (χ1) is 9.42. The lowest BCUT2D eigenvalue weighted by Gasteiger charge is -2.18. The number of halogens is 1. The molecule has 0 aromatic carbocycles. The van der Waals surface area contributed by atoms with Crippen LogP contribution in [0.4, 0.5) is 0 Å². The highest BCUT2D eigenvalue weighted by atomic mass is 35.5.